The van der Waals surface area contributed by atoms with E-state index in [0.29, 0.717) is 15.6 Å². The van der Waals surface area contributed by atoms with E-state index in [0.717, 1.165) is 15.9 Å². The number of sulfonamides is 1. The predicted molar refractivity (Wildman–Crippen MR) is 120 cm³/mol. The first-order valence-corrected chi connectivity index (χ1v) is 11.5. The number of hydrogen-bond donors (Lipinski definition) is 2. The van der Waals surface area contributed by atoms with E-state index in [9.17, 15) is 13.2 Å². The molecule has 2 heterocycles. The number of aryl methyl sites for hydroxylation is 2. The molecule has 0 aliphatic heterocycles. The van der Waals surface area contributed by atoms with E-state index in [2.05, 4.69) is 15.1 Å². The van der Waals surface area contributed by atoms with Crippen molar-refractivity contribution in [2.45, 2.75) is 11.8 Å². The van der Waals surface area contributed by atoms with Crippen LogP contribution in [0.5, 0.6) is 0 Å². The second-order valence-electron chi connectivity index (χ2n) is 6.61. The summed E-state index contributed by atoms with van der Waals surface area (Å²) in [6.07, 6.45) is 0. The number of hydrogen-bond acceptors (Lipinski definition) is 5. The minimum absolute atomic E-state index is 0.0107. The zero-order valence-electron chi connectivity index (χ0n) is 16.0. The van der Waals surface area contributed by atoms with Crippen LogP contribution in [0.3, 0.4) is 0 Å². The monoisotopic (exact) mass is 460 g/mol. The standard InChI is InChI=1S/C20H17ClN4O3S2/c1-12-15-11-18(29-20(15)25(2)23-12)19(26)22-13-6-5-7-14(10-13)30(27,28)24-17-9-4-3-8-16(17)21/h3-11,24H,1-2H3,(H,22,26). The molecular weight excluding hydrogens is 444 g/mol. The first-order valence-electron chi connectivity index (χ1n) is 8.86. The van der Waals surface area contributed by atoms with E-state index in [-0.39, 0.29) is 16.5 Å². The maximum absolute atomic E-state index is 12.7. The number of halogens is 1. The summed E-state index contributed by atoms with van der Waals surface area (Å²) in [7, 11) is -2.05. The molecule has 0 saturated carbocycles. The number of thiophene rings is 1. The van der Waals surface area contributed by atoms with Gasteiger partial charge in [-0.15, -0.1) is 11.3 Å². The number of para-hydroxylation sites is 1. The molecule has 154 valence electrons. The van der Waals surface area contributed by atoms with Gasteiger partial charge in [0.2, 0.25) is 0 Å². The van der Waals surface area contributed by atoms with E-state index in [1.165, 1.54) is 23.5 Å². The minimum Gasteiger partial charge on any atom is -0.321 e. The molecule has 0 aliphatic carbocycles. The van der Waals surface area contributed by atoms with Crippen molar-refractivity contribution in [2.24, 2.45) is 7.05 Å². The first kappa shape index (κ1) is 20.4. The molecular formula is C20H17ClN4O3S2. The van der Waals surface area contributed by atoms with Crippen LogP contribution in [-0.2, 0) is 17.1 Å². The fourth-order valence-electron chi connectivity index (χ4n) is 3.00. The lowest BCUT2D eigenvalue weighted by Gasteiger charge is -2.11. The zero-order chi connectivity index (χ0) is 21.5. The lowest BCUT2D eigenvalue weighted by Crippen LogP contribution is -2.15. The molecule has 0 atom stereocenters. The highest BCUT2D eigenvalue weighted by Crippen LogP contribution is 2.29. The highest BCUT2D eigenvalue weighted by molar-refractivity contribution is 7.92. The van der Waals surface area contributed by atoms with Gasteiger partial charge in [-0.1, -0.05) is 29.8 Å². The molecule has 0 radical (unpaired) electrons. The van der Waals surface area contributed by atoms with Gasteiger partial charge in [-0.25, -0.2) is 8.42 Å². The van der Waals surface area contributed by atoms with E-state index in [1.54, 1.807) is 47.1 Å². The van der Waals surface area contributed by atoms with Gasteiger partial charge in [0.15, 0.2) is 0 Å². The molecule has 2 N–H and O–H groups in total. The molecule has 0 unspecified atom stereocenters. The smallest absolute Gasteiger partial charge is 0.265 e. The van der Waals surface area contributed by atoms with Crippen molar-refractivity contribution in [2.75, 3.05) is 10.0 Å². The molecule has 4 rings (SSSR count). The van der Waals surface area contributed by atoms with Crippen LogP contribution in [0.15, 0.2) is 59.5 Å². The number of anilines is 2. The van der Waals surface area contributed by atoms with Crippen molar-refractivity contribution >= 4 is 60.5 Å². The maximum atomic E-state index is 12.7. The lowest BCUT2D eigenvalue weighted by molar-refractivity contribution is 0.103. The summed E-state index contributed by atoms with van der Waals surface area (Å²) in [6.45, 7) is 1.89. The third kappa shape index (κ3) is 3.91. The highest BCUT2D eigenvalue weighted by Gasteiger charge is 2.18. The van der Waals surface area contributed by atoms with Gasteiger partial charge in [-0.2, -0.15) is 5.10 Å². The largest absolute Gasteiger partial charge is 0.321 e. The summed E-state index contributed by atoms with van der Waals surface area (Å²) in [5, 5.41) is 8.30. The van der Waals surface area contributed by atoms with Crippen molar-refractivity contribution in [3.63, 3.8) is 0 Å². The van der Waals surface area contributed by atoms with Crippen LogP contribution >= 0.6 is 22.9 Å². The molecule has 4 aromatic rings. The number of amides is 1. The number of fused-ring (bicyclic) bond motifs is 1. The predicted octanol–water partition coefficient (Wildman–Crippen LogP) is 4.65. The number of benzene rings is 2. The Balaban J connectivity index is 1.57. The van der Waals surface area contributed by atoms with Crippen molar-refractivity contribution in [3.05, 3.63) is 70.2 Å². The van der Waals surface area contributed by atoms with Crippen molar-refractivity contribution < 1.29 is 13.2 Å². The third-order valence-electron chi connectivity index (χ3n) is 4.44. The molecule has 0 aliphatic rings. The molecule has 7 nitrogen and oxygen atoms in total. The molecule has 0 fully saturated rings. The van der Waals surface area contributed by atoms with Crippen LogP contribution < -0.4 is 10.0 Å². The number of nitrogens with zero attached hydrogens (tertiary/aromatic N) is 2. The van der Waals surface area contributed by atoms with Gasteiger partial charge in [0.05, 0.1) is 26.2 Å². The molecule has 0 bridgehead atoms. The maximum Gasteiger partial charge on any atom is 0.265 e. The van der Waals surface area contributed by atoms with Crippen LogP contribution in [-0.4, -0.2) is 24.1 Å². The average molecular weight is 461 g/mol. The highest BCUT2D eigenvalue weighted by atomic mass is 35.5. The number of carbonyl (C=O) groups is 1. The van der Waals surface area contributed by atoms with Crippen LogP contribution in [0, 0.1) is 6.92 Å². The zero-order valence-corrected chi connectivity index (χ0v) is 18.4. The van der Waals surface area contributed by atoms with Gasteiger partial charge < -0.3 is 5.32 Å². The lowest BCUT2D eigenvalue weighted by atomic mass is 10.3. The molecule has 2 aromatic heterocycles. The van der Waals surface area contributed by atoms with Crippen LogP contribution in [0.4, 0.5) is 11.4 Å². The number of carbonyl (C=O) groups excluding carboxylic acids is 1. The van der Waals surface area contributed by atoms with Gasteiger partial charge in [0, 0.05) is 18.1 Å². The Kier molecular flexibility index (Phi) is 5.27. The summed E-state index contributed by atoms with van der Waals surface area (Å²) in [5.41, 5.74) is 1.50. The van der Waals surface area contributed by atoms with Crippen LogP contribution in [0.25, 0.3) is 10.2 Å². The van der Waals surface area contributed by atoms with Gasteiger partial charge in [-0.3, -0.25) is 14.2 Å². The van der Waals surface area contributed by atoms with Crippen molar-refractivity contribution in [3.8, 4) is 0 Å². The van der Waals surface area contributed by atoms with E-state index < -0.39 is 10.0 Å². The molecule has 10 heteroatoms. The summed E-state index contributed by atoms with van der Waals surface area (Å²) in [6, 6.07) is 14.4. The number of aromatic nitrogens is 2. The second-order valence-corrected chi connectivity index (χ2v) is 9.73. The molecule has 0 saturated heterocycles. The van der Waals surface area contributed by atoms with Gasteiger partial charge in [0.25, 0.3) is 15.9 Å². The Morgan fingerprint density at radius 1 is 1.13 bits per heavy atom. The molecule has 1 amide bonds. The fourth-order valence-corrected chi connectivity index (χ4v) is 5.38. The summed E-state index contributed by atoms with van der Waals surface area (Å²) in [4.78, 5) is 14.1. The van der Waals surface area contributed by atoms with Crippen LogP contribution in [0.2, 0.25) is 5.02 Å². The number of rotatable bonds is 5. The van der Waals surface area contributed by atoms with E-state index in [4.69, 9.17) is 11.6 Å². The minimum atomic E-state index is -3.88. The third-order valence-corrected chi connectivity index (χ3v) is 7.33. The first-order chi connectivity index (χ1) is 14.2. The Bertz CT molecular complexity index is 1340. The SMILES string of the molecule is Cc1nn(C)c2sc(C(=O)Nc3cccc(S(=O)(=O)Nc4ccccc4Cl)c3)cc12. The average Bonchev–Trinajstić information content (AvgIpc) is 3.25. The van der Waals surface area contributed by atoms with Gasteiger partial charge >= 0.3 is 0 Å². The number of nitrogens with one attached hydrogen (secondary N) is 2. The topological polar surface area (TPSA) is 93.1 Å². The Morgan fingerprint density at radius 2 is 1.90 bits per heavy atom. The van der Waals surface area contributed by atoms with Crippen molar-refractivity contribution in [1.82, 2.24) is 9.78 Å². The molecule has 30 heavy (non-hydrogen) atoms. The van der Waals surface area contributed by atoms with Gasteiger partial charge in [0.1, 0.15) is 4.83 Å². The summed E-state index contributed by atoms with van der Waals surface area (Å²) < 4.78 is 29.7. The molecule has 0 spiro atoms. The molecule has 2 aromatic carbocycles. The Labute approximate surface area is 182 Å². The normalized spacial score (nSPS) is 11.6. The Hall–Kier alpha value is -2.88. The quantitative estimate of drug-likeness (QED) is 0.453. The van der Waals surface area contributed by atoms with Crippen molar-refractivity contribution in [1.29, 1.82) is 0 Å². The van der Waals surface area contributed by atoms with E-state index >= 15 is 0 Å². The van der Waals surface area contributed by atoms with Gasteiger partial charge in [-0.05, 0) is 43.3 Å². The fraction of sp³-hybridized carbons (Fsp3) is 0.100. The van der Waals surface area contributed by atoms with Crippen LogP contribution in [0.1, 0.15) is 15.4 Å². The van der Waals surface area contributed by atoms with E-state index in [1.807, 2.05) is 14.0 Å². The Morgan fingerprint density at radius 3 is 2.63 bits per heavy atom. The summed E-state index contributed by atoms with van der Waals surface area (Å²) in [5.74, 6) is -0.316. The summed E-state index contributed by atoms with van der Waals surface area (Å²) >= 11 is 7.37. The second kappa shape index (κ2) is 7.75.